The minimum Gasteiger partial charge on any atom is -0.352 e. The molecule has 1 heterocycles. The predicted octanol–water partition coefficient (Wildman–Crippen LogP) is 0.714. The molecular formula is C11H17N3O2. The van der Waals surface area contributed by atoms with E-state index in [1.54, 1.807) is 10.9 Å². The maximum absolute atomic E-state index is 11.3. The molecule has 0 aliphatic rings. The number of hydrogen-bond acceptors (Lipinski definition) is 3. The summed E-state index contributed by atoms with van der Waals surface area (Å²) in [7, 11) is 1.86. The monoisotopic (exact) mass is 223 g/mol. The van der Waals surface area contributed by atoms with Crippen LogP contribution in [-0.4, -0.2) is 21.5 Å². The van der Waals surface area contributed by atoms with E-state index in [9.17, 15) is 9.59 Å². The molecule has 1 aromatic rings. The van der Waals surface area contributed by atoms with Gasteiger partial charge in [0.2, 0.25) is 5.91 Å². The standard InChI is InChI=1S/C11H17N3O2/c1-8(15)4-5-11(16)12-6-10-7-13-14(3)9(10)2/h7H,4-6H2,1-3H3,(H,12,16). The van der Waals surface area contributed by atoms with Crippen molar-refractivity contribution >= 4 is 11.7 Å². The van der Waals surface area contributed by atoms with Crippen LogP contribution in [0.3, 0.4) is 0 Å². The normalized spacial score (nSPS) is 10.2. The van der Waals surface area contributed by atoms with Crippen molar-refractivity contribution in [2.24, 2.45) is 7.05 Å². The van der Waals surface area contributed by atoms with Crippen LogP contribution in [0.2, 0.25) is 0 Å². The Balaban J connectivity index is 2.37. The second-order valence-corrected chi connectivity index (χ2v) is 3.86. The number of ketones is 1. The second-order valence-electron chi connectivity index (χ2n) is 3.86. The van der Waals surface area contributed by atoms with Crippen LogP contribution in [0.5, 0.6) is 0 Å². The van der Waals surface area contributed by atoms with Crippen molar-refractivity contribution in [3.63, 3.8) is 0 Å². The number of nitrogens with zero attached hydrogens (tertiary/aromatic N) is 2. The van der Waals surface area contributed by atoms with Gasteiger partial charge in [0.25, 0.3) is 0 Å². The molecule has 5 heteroatoms. The molecule has 1 rings (SSSR count). The summed E-state index contributed by atoms with van der Waals surface area (Å²) in [6.07, 6.45) is 2.30. The molecule has 0 fully saturated rings. The number of amides is 1. The first-order chi connectivity index (χ1) is 7.50. The lowest BCUT2D eigenvalue weighted by atomic mass is 10.2. The maximum atomic E-state index is 11.3. The molecule has 5 nitrogen and oxygen atoms in total. The third-order valence-electron chi connectivity index (χ3n) is 2.52. The first-order valence-corrected chi connectivity index (χ1v) is 5.24. The highest BCUT2D eigenvalue weighted by Gasteiger charge is 2.06. The largest absolute Gasteiger partial charge is 0.352 e. The van der Waals surface area contributed by atoms with E-state index < -0.39 is 0 Å². The fraction of sp³-hybridized carbons (Fsp3) is 0.545. The van der Waals surface area contributed by atoms with Crippen molar-refractivity contribution in [3.05, 3.63) is 17.5 Å². The molecule has 0 saturated carbocycles. The minimum atomic E-state index is -0.0987. The van der Waals surface area contributed by atoms with Crippen molar-refractivity contribution in [1.29, 1.82) is 0 Å². The zero-order chi connectivity index (χ0) is 12.1. The Labute approximate surface area is 94.8 Å². The van der Waals surface area contributed by atoms with Crippen LogP contribution < -0.4 is 5.32 Å². The molecule has 0 aliphatic carbocycles. The Morgan fingerprint density at radius 1 is 1.44 bits per heavy atom. The molecule has 0 unspecified atom stereocenters. The van der Waals surface area contributed by atoms with Crippen molar-refractivity contribution in [1.82, 2.24) is 15.1 Å². The van der Waals surface area contributed by atoms with Crippen molar-refractivity contribution in [2.75, 3.05) is 0 Å². The SMILES string of the molecule is CC(=O)CCC(=O)NCc1cnn(C)c1C. The molecule has 16 heavy (non-hydrogen) atoms. The van der Waals surface area contributed by atoms with Crippen LogP contribution >= 0.6 is 0 Å². The molecule has 0 aliphatic heterocycles. The highest BCUT2D eigenvalue weighted by Crippen LogP contribution is 2.04. The van der Waals surface area contributed by atoms with Gasteiger partial charge in [-0.2, -0.15) is 5.10 Å². The number of rotatable bonds is 5. The number of Topliss-reactive ketones (excluding diaryl/α,β-unsaturated/α-hetero) is 1. The van der Waals surface area contributed by atoms with Gasteiger partial charge in [-0.15, -0.1) is 0 Å². The van der Waals surface area contributed by atoms with E-state index in [4.69, 9.17) is 0 Å². The molecule has 0 radical (unpaired) electrons. The number of aryl methyl sites for hydroxylation is 1. The fourth-order valence-corrected chi connectivity index (χ4v) is 1.29. The summed E-state index contributed by atoms with van der Waals surface area (Å²) < 4.78 is 1.76. The first-order valence-electron chi connectivity index (χ1n) is 5.24. The van der Waals surface area contributed by atoms with Gasteiger partial charge in [-0.3, -0.25) is 9.48 Å². The lowest BCUT2D eigenvalue weighted by molar-refractivity contribution is -0.124. The van der Waals surface area contributed by atoms with Crippen LogP contribution in [0.4, 0.5) is 0 Å². The molecular weight excluding hydrogens is 206 g/mol. The van der Waals surface area contributed by atoms with E-state index in [0.29, 0.717) is 13.0 Å². The summed E-state index contributed by atoms with van der Waals surface area (Å²) >= 11 is 0. The minimum absolute atomic E-state index is 0.0349. The lowest BCUT2D eigenvalue weighted by Crippen LogP contribution is -2.23. The van der Waals surface area contributed by atoms with Crippen LogP contribution in [0.15, 0.2) is 6.20 Å². The molecule has 1 amide bonds. The number of aromatic nitrogens is 2. The summed E-state index contributed by atoms with van der Waals surface area (Å²) in [6, 6.07) is 0. The van der Waals surface area contributed by atoms with Gasteiger partial charge in [0.1, 0.15) is 5.78 Å². The maximum Gasteiger partial charge on any atom is 0.220 e. The highest BCUT2D eigenvalue weighted by molar-refractivity contribution is 5.83. The first kappa shape index (κ1) is 12.4. The summed E-state index contributed by atoms with van der Waals surface area (Å²) in [5.41, 5.74) is 2.03. The zero-order valence-corrected chi connectivity index (χ0v) is 9.91. The van der Waals surface area contributed by atoms with Gasteiger partial charge in [-0.1, -0.05) is 0 Å². The predicted molar refractivity (Wildman–Crippen MR) is 59.7 cm³/mol. The van der Waals surface area contributed by atoms with Gasteiger partial charge in [0.15, 0.2) is 0 Å². The quantitative estimate of drug-likeness (QED) is 0.799. The van der Waals surface area contributed by atoms with Crippen molar-refractivity contribution in [2.45, 2.75) is 33.2 Å². The Morgan fingerprint density at radius 3 is 2.62 bits per heavy atom. The smallest absolute Gasteiger partial charge is 0.220 e. The Hall–Kier alpha value is -1.65. The number of carbonyl (C=O) groups is 2. The lowest BCUT2D eigenvalue weighted by Gasteiger charge is -2.03. The average molecular weight is 223 g/mol. The van der Waals surface area contributed by atoms with Gasteiger partial charge in [-0.05, 0) is 13.8 Å². The summed E-state index contributed by atoms with van der Waals surface area (Å²) in [5.74, 6) is -0.0637. The van der Waals surface area contributed by atoms with E-state index in [1.807, 2.05) is 14.0 Å². The zero-order valence-electron chi connectivity index (χ0n) is 9.91. The molecule has 0 atom stereocenters. The topological polar surface area (TPSA) is 64.0 Å². The number of hydrogen-bond donors (Lipinski definition) is 1. The van der Waals surface area contributed by atoms with Gasteiger partial charge >= 0.3 is 0 Å². The van der Waals surface area contributed by atoms with Crippen LogP contribution in [-0.2, 0) is 23.2 Å². The summed E-state index contributed by atoms with van der Waals surface area (Å²) in [5, 5.41) is 6.84. The molecule has 0 spiro atoms. The Kier molecular flexibility index (Phi) is 4.22. The molecule has 0 saturated heterocycles. The van der Waals surface area contributed by atoms with Crippen molar-refractivity contribution < 1.29 is 9.59 Å². The Morgan fingerprint density at radius 2 is 2.12 bits per heavy atom. The number of nitrogens with one attached hydrogen (secondary N) is 1. The van der Waals surface area contributed by atoms with E-state index in [0.717, 1.165) is 11.3 Å². The Bertz CT molecular complexity index is 396. The van der Waals surface area contributed by atoms with Crippen LogP contribution in [0, 0.1) is 6.92 Å². The summed E-state index contributed by atoms with van der Waals surface area (Å²) in [6.45, 7) is 3.90. The average Bonchev–Trinajstić information content (AvgIpc) is 2.54. The number of carbonyl (C=O) groups excluding carboxylic acids is 2. The fourth-order valence-electron chi connectivity index (χ4n) is 1.29. The molecule has 1 N–H and O–H groups in total. The third-order valence-corrected chi connectivity index (χ3v) is 2.52. The van der Waals surface area contributed by atoms with Crippen LogP contribution in [0.1, 0.15) is 31.0 Å². The molecule has 0 bridgehead atoms. The third kappa shape index (κ3) is 3.49. The van der Waals surface area contributed by atoms with Crippen LogP contribution in [0.25, 0.3) is 0 Å². The summed E-state index contributed by atoms with van der Waals surface area (Å²) in [4.78, 5) is 22.0. The van der Waals surface area contributed by atoms with E-state index in [1.165, 1.54) is 6.92 Å². The van der Waals surface area contributed by atoms with Gasteiger partial charge < -0.3 is 10.1 Å². The van der Waals surface area contributed by atoms with E-state index >= 15 is 0 Å². The second kappa shape index (κ2) is 5.44. The molecule has 88 valence electrons. The molecule has 0 aromatic carbocycles. The van der Waals surface area contributed by atoms with E-state index in [2.05, 4.69) is 10.4 Å². The van der Waals surface area contributed by atoms with Crippen molar-refractivity contribution in [3.8, 4) is 0 Å². The van der Waals surface area contributed by atoms with Gasteiger partial charge in [0.05, 0.1) is 6.20 Å². The van der Waals surface area contributed by atoms with E-state index in [-0.39, 0.29) is 18.1 Å². The molecule has 1 aromatic heterocycles. The highest BCUT2D eigenvalue weighted by atomic mass is 16.2. The van der Waals surface area contributed by atoms with Gasteiger partial charge in [-0.25, -0.2) is 0 Å². The van der Waals surface area contributed by atoms with Gasteiger partial charge in [0, 0.05) is 37.7 Å².